The minimum absolute atomic E-state index is 0.310. The number of fused-ring (bicyclic) bond motifs is 1. The first-order valence-corrected chi connectivity index (χ1v) is 6.68. The molecule has 0 bridgehead atoms. The van der Waals surface area contributed by atoms with Gasteiger partial charge in [0.2, 0.25) is 0 Å². The van der Waals surface area contributed by atoms with E-state index in [4.69, 9.17) is 4.42 Å². The first-order valence-electron chi connectivity index (χ1n) is 6.68. The van der Waals surface area contributed by atoms with Crippen LogP contribution in [0.25, 0.3) is 11.1 Å². The topological polar surface area (TPSA) is 59.2 Å². The Morgan fingerprint density at radius 2 is 2.37 bits per heavy atom. The molecule has 19 heavy (non-hydrogen) atoms. The highest BCUT2D eigenvalue weighted by Gasteiger charge is 2.25. The molecule has 2 heterocycles. The maximum atomic E-state index is 11.5. The lowest BCUT2D eigenvalue weighted by Crippen LogP contribution is -2.26. The molecule has 0 saturated carbocycles. The van der Waals surface area contributed by atoms with E-state index in [9.17, 15) is 4.79 Å². The fraction of sp³-hybridized carbons (Fsp3) is 0.500. The zero-order chi connectivity index (χ0) is 13.4. The van der Waals surface area contributed by atoms with Gasteiger partial charge < -0.3 is 15.1 Å². The fourth-order valence-corrected chi connectivity index (χ4v) is 2.97. The first kappa shape index (κ1) is 12.4. The van der Waals surface area contributed by atoms with E-state index < -0.39 is 0 Å². The molecule has 3 rings (SSSR count). The monoisotopic (exact) mass is 261 g/mol. The normalized spacial score (nSPS) is 21.1. The molecule has 1 aromatic carbocycles. The van der Waals surface area contributed by atoms with Gasteiger partial charge >= 0.3 is 5.76 Å². The summed E-state index contributed by atoms with van der Waals surface area (Å²) in [6.45, 7) is 2.11. The minimum atomic E-state index is -0.310. The lowest BCUT2D eigenvalue weighted by Gasteiger charge is -2.22. The molecule has 1 saturated heterocycles. The maximum absolute atomic E-state index is 11.5. The third kappa shape index (κ3) is 2.09. The number of hydrogen-bond acceptors (Lipinski definition) is 4. The van der Waals surface area contributed by atoms with Gasteiger partial charge in [0.1, 0.15) is 0 Å². The van der Waals surface area contributed by atoms with Crippen molar-refractivity contribution in [2.24, 2.45) is 13.0 Å². The van der Waals surface area contributed by atoms with Gasteiger partial charge in [0.15, 0.2) is 5.58 Å². The van der Waals surface area contributed by atoms with Crippen molar-refractivity contribution in [1.29, 1.82) is 0 Å². The highest BCUT2D eigenvalue weighted by Crippen LogP contribution is 2.28. The molecular formula is C14H19N3O2. The summed E-state index contributed by atoms with van der Waals surface area (Å²) in [5.74, 6) is 0.280. The molecule has 1 aromatic heterocycles. The van der Waals surface area contributed by atoms with Crippen LogP contribution in [0.5, 0.6) is 0 Å². The number of nitrogens with zero attached hydrogens (tertiary/aromatic N) is 1. The molecule has 0 aliphatic carbocycles. The molecule has 1 aliphatic heterocycles. The number of aryl methyl sites for hydroxylation is 1. The van der Waals surface area contributed by atoms with E-state index in [0.717, 1.165) is 18.6 Å². The highest BCUT2D eigenvalue weighted by atomic mass is 16.4. The van der Waals surface area contributed by atoms with Gasteiger partial charge in [0.05, 0.1) is 5.52 Å². The molecule has 102 valence electrons. The lowest BCUT2D eigenvalue weighted by molar-refractivity contribution is 0.410. The summed E-state index contributed by atoms with van der Waals surface area (Å²) >= 11 is 0. The van der Waals surface area contributed by atoms with Crippen molar-refractivity contribution in [3.8, 4) is 0 Å². The van der Waals surface area contributed by atoms with Gasteiger partial charge in [-0.05, 0) is 50.2 Å². The van der Waals surface area contributed by atoms with Crippen LogP contribution in [-0.2, 0) is 7.05 Å². The van der Waals surface area contributed by atoms with Crippen LogP contribution >= 0.6 is 0 Å². The Balaban J connectivity index is 2.03. The molecule has 1 fully saturated rings. The summed E-state index contributed by atoms with van der Waals surface area (Å²) in [5, 5.41) is 6.79. The van der Waals surface area contributed by atoms with E-state index in [1.54, 1.807) is 11.6 Å². The summed E-state index contributed by atoms with van der Waals surface area (Å²) in [7, 11) is 3.73. The van der Waals surface area contributed by atoms with Gasteiger partial charge in [0, 0.05) is 13.1 Å². The van der Waals surface area contributed by atoms with Crippen LogP contribution in [0, 0.1) is 5.92 Å². The van der Waals surface area contributed by atoms with Gasteiger partial charge in [-0.1, -0.05) is 6.07 Å². The predicted octanol–water partition coefficient (Wildman–Crippen LogP) is 1.00. The van der Waals surface area contributed by atoms with Crippen LogP contribution in [0.4, 0.5) is 0 Å². The van der Waals surface area contributed by atoms with Crippen LogP contribution in [0.2, 0.25) is 0 Å². The molecule has 0 radical (unpaired) electrons. The SMILES string of the molecule is CNC(c1ccc2oc(=O)n(C)c2c1)C1CCNC1. The van der Waals surface area contributed by atoms with E-state index in [2.05, 4.69) is 16.7 Å². The number of aromatic nitrogens is 1. The Kier molecular flexibility index (Phi) is 3.16. The second kappa shape index (κ2) is 4.83. The third-order valence-electron chi connectivity index (χ3n) is 4.06. The van der Waals surface area contributed by atoms with Crippen LogP contribution < -0.4 is 16.4 Å². The molecule has 0 spiro atoms. The molecule has 0 amide bonds. The summed E-state index contributed by atoms with van der Waals surface area (Å²) in [6.07, 6.45) is 1.17. The Morgan fingerprint density at radius 1 is 1.53 bits per heavy atom. The van der Waals surface area contributed by atoms with Gasteiger partial charge in [0.25, 0.3) is 0 Å². The van der Waals surface area contributed by atoms with Crippen molar-refractivity contribution in [1.82, 2.24) is 15.2 Å². The van der Waals surface area contributed by atoms with Crippen LogP contribution in [0.1, 0.15) is 18.0 Å². The van der Waals surface area contributed by atoms with Gasteiger partial charge in [-0.3, -0.25) is 4.57 Å². The summed E-state index contributed by atoms with van der Waals surface area (Å²) in [4.78, 5) is 11.5. The second-order valence-electron chi connectivity index (χ2n) is 5.17. The van der Waals surface area contributed by atoms with E-state index in [-0.39, 0.29) is 5.76 Å². The largest absolute Gasteiger partial charge is 0.419 e. The van der Waals surface area contributed by atoms with Crippen molar-refractivity contribution >= 4 is 11.1 Å². The standard InChI is InChI=1S/C14H19N3O2/c1-15-13(10-5-6-16-8-10)9-3-4-12-11(7-9)17(2)14(18)19-12/h3-4,7,10,13,15-16H,5-6,8H2,1-2H3. The predicted molar refractivity (Wildman–Crippen MR) is 74.2 cm³/mol. The number of oxazole rings is 1. The van der Waals surface area contributed by atoms with Gasteiger partial charge in [-0.15, -0.1) is 0 Å². The Bertz CT molecular complexity index is 638. The quantitative estimate of drug-likeness (QED) is 0.865. The van der Waals surface area contributed by atoms with Crippen LogP contribution in [0.3, 0.4) is 0 Å². The number of benzene rings is 1. The molecule has 2 unspecified atom stereocenters. The summed E-state index contributed by atoms with van der Waals surface area (Å²) < 4.78 is 6.72. The van der Waals surface area contributed by atoms with Crippen molar-refractivity contribution < 1.29 is 4.42 Å². The average Bonchev–Trinajstić information content (AvgIpc) is 3.02. The molecule has 1 aliphatic rings. The number of hydrogen-bond donors (Lipinski definition) is 2. The van der Waals surface area contributed by atoms with E-state index in [1.165, 1.54) is 12.0 Å². The first-order chi connectivity index (χ1) is 9.20. The number of rotatable bonds is 3. The second-order valence-corrected chi connectivity index (χ2v) is 5.17. The van der Waals surface area contributed by atoms with Crippen LogP contribution in [-0.4, -0.2) is 24.7 Å². The van der Waals surface area contributed by atoms with Crippen molar-refractivity contribution in [2.75, 3.05) is 20.1 Å². The molecule has 5 nitrogen and oxygen atoms in total. The van der Waals surface area contributed by atoms with Crippen molar-refractivity contribution in [3.05, 3.63) is 34.3 Å². The Morgan fingerprint density at radius 3 is 3.05 bits per heavy atom. The molecule has 2 aromatic rings. The summed E-state index contributed by atoms with van der Waals surface area (Å²) in [6, 6.07) is 6.30. The summed E-state index contributed by atoms with van der Waals surface area (Å²) in [5.41, 5.74) is 2.71. The Hall–Kier alpha value is -1.59. The Labute approximate surface area is 111 Å². The zero-order valence-corrected chi connectivity index (χ0v) is 11.3. The van der Waals surface area contributed by atoms with Crippen molar-refractivity contribution in [2.45, 2.75) is 12.5 Å². The molecular weight excluding hydrogens is 242 g/mol. The van der Waals surface area contributed by atoms with Crippen molar-refractivity contribution in [3.63, 3.8) is 0 Å². The highest BCUT2D eigenvalue weighted by molar-refractivity contribution is 5.73. The van der Waals surface area contributed by atoms with Gasteiger partial charge in [-0.2, -0.15) is 0 Å². The van der Waals surface area contributed by atoms with E-state index in [1.807, 2.05) is 19.2 Å². The molecule has 5 heteroatoms. The van der Waals surface area contributed by atoms with E-state index >= 15 is 0 Å². The lowest BCUT2D eigenvalue weighted by atomic mass is 9.92. The molecule has 2 N–H and O–H groups in total. The zero-order valence-electron chi connectivity index (χ0n) is 11.3. The third-order valence-corrected chi connectivity index (χ3v) is 4.06. The maximum Gasteiger partial charge on any atom is 0.419 e. The van der Waals surface area contributed by atoms with E-state index in [0.29, 0.717) is 17.5 Å². The van der Waals surface area contributed by atoms with Gasteiger partial charge in [-0.25, -0.2) is 4.79 Å². The molecule has 2 atom stereocenters. The average molecular weight is 261 g/mol. The fourth-order valence-electron chi connectivity index (χ4n) is 2.97. The smallest absolute Gasteiger partial charge is 0.408 e. The number of nitrogens with one attached hydrogen (secondary N) is 2. The van der Waals surface area contributed by atoms with Crippen LogP contribution in [0.15, 0.2) is 27.4 Å². The minimum Gasteiger partial charge on any atom is -0.408 e.